The van der Waals surface area contributed by atoms with Crippen molar-refractivity contribution in [2.24, 2.45) is 0 Å². The van der Waals surface area contributed by atoms with Gasteiger partial charge in [-0.15, -0.1) is 11.8 Å². The number of halogens is 1. The lowest BCUT2D eigenvalue weighted by atomic mass is 10.2. The van der Waals surface area contributed by atoms with E-state index in [1.165, 1.54) is 11.8 Å². The van der Waals surface area contributed by atoms with Gasteiger partial charge in [-0.2, -0.15) is 0 Å². The summed E-state index contributed by atoms with van der Waals surface area (Å²) < 4.78 is 0. The second-order valence-electron chi connectivity index (χ2n) is 5.08. The molecule has 3 rings (SSSR count). The Morgan fingerprint density at radius 1 is 1.13 bits per heavy atom. The summed E-state index contributed by atoms with van der Waals surface area (Å²) in [7, 11) is 0. The summed E-state index contributed by atoms with van der Waals surface area (Å²) in [6.07, 6.45) is 1.73. The standard InChI is InChI=1S/C18H15ClN2OS/c1-12(23-15-9-7-14(19)8-10-15)18(22)21-16-6-2-4-13-5-3-11-20-17(13)16/h2-12H,1H3,(H,21,22). The van der Waals surface area contributed by atoms with Crippen LogP contribution in [-0.4, -0.2) is 16.1 Å². The first-order chi connectivity index (χ1) is 11.1. The van der Waals surface area contributed by atoms with E-state index in [4.69, 9.17) is 11.6 Å². The van der Waals surface area contributed by atoms with Crippen molar-refractivity contribution in [1.29, 1.82) is 0 Å². The van der Waals surface area contributed by atoms with Crippen LogP contribution < -0.4 is 5.32 Å². The van der Waals surface area contributed by atoms with E-state index in [1.54, 1.807) is 6.20 Å². The average molecular weight is 343 g/mol. The molecule has 2 aromatic carbocycles. The number of nitrogens with zero attached hydrogens (tertiary/aromatic N) is 1. The molecule has 116 valence electrons. The first-order valence-electron chi connectivity index (χ1n) is 7.20. The number of thioether (sulfide) groups is 1. The number of carbonyl (C=O) groups excluding carboxylic acids is 1. The summed E-state index contributed by atoms with van der Waals surface area (Å²) in [6, 6.07) is 17.1. The lowest BCUT2D eigenvalue weighted by molar-refractivity contribution is -0.115. The summed E-state index contributed by atoms with van der Waals surface area (Å²) in [4.78, 5) is 17.8. The quantitative estimate of drug-likeness (QED) is 0.678. The third kappa shape index (κ3) is 3.84. The van der Waals surface area contributed by atoms with Crippen LogP contribution in [0.3, 0.4) is 0 Å². The number of fused-ring (bicyclic) bond motifs is 1. The molecule has 23 heavy (non-hydrogen) atoms. The Morgan fingerprint density at radius 2 is 1.87 bits per heavy atom. The fraction of sp³-hybridized carbons (Fsp3) is 0.111. The first-order valence-corrected chi connectivity index (χ1v) is 8.46. The van der Waals surface area contributed by atoms with Gasteiger partial charge in [0.25, 0.3) is 0 Å². The number of aromatic nitrogens is 1. The summed E-state index contributed by atoms with van der Waals surface area (Å²) in [5.74, 6) is -0.0527. The maximum absolute atomic E-state index is 12.4. The van der Waals surface area contributed by atoms with Crippen molar-refractivity contribution in [3.63, 3.8) is 0 Å². The van der Waals surface area contributed by atoms with Gasteiger partial charge in [-0.3, -0.25) is 9.78 Å². The Morgan fingerprint density at radius 3 is 2.65 bits per heavy atom. The molecule has 1 unspecified atom stereocenters. The summed E-state index contributed by atoms with van der Waals surface area (Å²) in [6.45, 7) is 1.88. The monoisotopic (exact) mass is 342 g/mol. The molecular formula is C18H15ClN2OS. The Labute approximate surface area is 144 Å². The van der Waals surface area contributed by atoms with Crippen molar-refractivity contribution >= 4 is 45.9 Å². The minimum Gasteiger partial charge on any atom is -0.323 e. The number of benzene rings is 2. The van der Waals surface area contributed by atoms with Crippen LogP contribution in [0.4, 0.5) is 5.69 Å². The maximum Gasteiger partial charge on any atom is 0.237 e. The number of nitrogens with one attached hydrogen (secondary N) is 1. The van der Waals surface area contributed by atoms with Crippen LogP contribution in [0.1, 0.15) is 6.92 Å². The van der Waals surface area contributed by atoms with Gasteiger partial charge in [0.1, 0.15) is 0 Å². The molecule has 0 bridgehead atoms. The third-order valence-electron chi connectivity index (χ3n) is 3.39. The summed E-state index contributed by atoms with van der Waals surface area (Å²) >= 11 is 7.37. The number of hydrogen-bond acceptors (Lipinski definition) is 3. The van der Waals surface area contributed by atoms with Crippen molar-refractivity contribution in [1.82, 2.24) is 4.98 Å². The molecular weight excluding hydrogens is 328 g/mol. The average Bonchev–Trinajstić information content (AvgIpc) is 2.57. The van der Waals surface area contributed by atoms with Crippen molar-refractivity contribution in [3.8, 4) is 0 Å². The number of rotatable bonds is 4. The molecule has 1 atom stereocenters. The molecule has 0 spiro atoms. The van der Waals surface area contributed by atoms with Crippen LogP contribution in [0.2, 0.25) is 5.02 Å². The number of pyridine rings is 1. The van der Waals surface area contributed by atoms with Crippen molar-refractivity contribution in [2.45, 2.75) is 17.1 Å². The zero-order chi connectivity index (χ0) is 16.2. The highest BCUT2D eigenvalue weighted by molar-refractivity contribution is 8.00. The number of anilines is 1. The number of hydrogen-bond donors (Lipinski definition) is 1. The molecule has 0 fully saturated rings. The van der Waals surface area contributed by atoms with Gasteiger partial charge >= 0.3 is 0 Å². The SMILES string of the molecule is CC(Sc1ccc(Cl)cc1)C(=O)Nc1cccc2cccnc12. The van der Waals surface area contributed by atoms with Gasteiger partial charge < -0.3 is 5.32 Å². The van der Waals surface area contributed by atoms with Gasteiger partial charge in [-0.05, 0) is 43.3 Å². The smallest absolute Gasteiger partial charge is 0.237 e. The minimum atomic E-state index is -0.227. The summed E-state index contributed by atoms with van der Waals surface area (Å²) in [5, 5.41) is 4.43. The van der Waals surface area contributed by atoms with Gasteiger partial charge in [-0.1, -0.05) is 29.8 Å². The number of carbonyl (C=O) groups is 1. The van der Waals surface area contributed by atoms with Gasteiger partial charge in [0.15, 0.2) is 0 Å². The molecule has 0 aliphatic rings. The zero-order valence-electron chi connectivity index (χ0n) is 12.5. The highest BCUT2D eigenvalue weighted by Crippen LogP contribution is 2.27. The molecule has 1 N–H and O–H groups in total. The third-order valence-corrected chi connectivity index (χ3v) is 4.75. The lowest BCUT2D eigenvalue weighted by Crippen LogP contribution is -2.22. The van der Waals surface area contributed by atoms with E-state index in [1.807, 2.05) is 61.5 Å². The Kier molecular flexibility index (Phi) is 4.84. The van der Waals surface area contributed by atoms with Gasteiger partial charge in [-0.25, -0.2) is 0 Å². The predicted octanol–water partition coefficient (Wildman–Crippen LogP) is 5.01. The molecule has 0 saturated carbocycles. The topological polar surface area (TPSA) is 42.0 Å². The molecule has 5 heteroatoms. The second kappa shape index (κ2) is 7.02. The first kappa shape index (κ1) is 15.8. The van der Waals surface area contributed by atoms with E-state index in [0.717, 1.165) is 21.5 Å². The van der Waals surface area contributed by atoms with Crippen molar-refractivity contribution < 1.29 is 4.79 Å². The predicted molar refractivity (Wildman–Crippen MR) is 97.1 cm³/mol. The highest BCUT2D eigenvalue weighted by Gasteiger charge is 2.15. The molecule has 1 amide bonds. The van der Waals surface area contributed by atoms with Crippen LogP contribution in [0.15, 0.2) is 65.7 Å². The van der Waals surface area contributed by atoms with E-state index >= 15 is 0 Å². The second-order valence-corrected chi connectivity index (χ2v) is 6.93. The van der Waals surface area contributed by atoms with E-state index in [9.17, 15) is 4.79 Å². The molecule has 1 aromatic heterocycles. The van der Waals surface area contributed by atoms with Gasteiger partial charge in [0, 0.05) is 21.5 Å². The van der Waals surface area contributed by atoms with Gasteiger partial charge in [0.2, 0.25) is 5.91 Å². The normalized spacial score (nSPS) is 12.1. The summed E-state index contributed by atoms with van der Waals surface area (Å²) in [5.41, 5.74) is 1.53. The Bertz CT molecular complexity index is 831. The number of para-hydroxylation sites is 1. The zero-order valence-corrected chi connectivity index (χ0v) is 14.1. The van der Waals surface area contributed by atoms with Gasteiger partial charge in [0.05, 0.1) is 16.5 Å². The van der Waals surface area contributed by atoms with Crippen LogP contribution >= 0.6 is 23.4 Å². The van der Waals surface area contributed by atoms with Crippen LogP contribution in [0, 0.1) is 0 Å². The highest BCUT2D eigenvalue weighted by atomic mass is 35.5. The molecule has 3 nitrogen and oxygen atoms in total. The lowest BCUT2D eigenvalue weighted by Gasteiger charge is -2.13. The largest absolute Gasteiger partial charge is 0.323 e. The number of amides is 1. The van der Waals surface area contributed by atoms with Crippen LogP contribution in [-0.2, 0) is 4.79 Å². The Hall–Kier alpha value is -2.04. The van der Waals surface area contributed by atoms with E-state index in [0.29, 0.717) is 5.02 Å². The maximum atomic E-state index is 12.4. The van der Waals surface area contributed by atoms with Crippen LogP contribution in [0.25, 0.3) is 10.9 Å². The fourth-order valence-electron chi connectivity index (χ4n) is 2.21. The van der Waals surface area contributed by atoms with E-state index in [2.05, 4.69) is 10.3 Å². The van der Waals surface area contributed by atoms with Crippen LogP contribution in [0.5, 0.6) is 0 Å². The van der Waals surface area contributed by atoms with E-state index < -0.39 is 0 Å². The molecule has 0 radical (unpaired) electrons. The molecule has 0 saturated heterocycles. The van der Waals surface area contributed by atoms with Crippen molar-refractivity contribution in [2.75, 3.05) is 5.32 Å². The van der Waals surface area contributed by atoms with Crippen molar-refractivity contribution in [3.05, 3.63) is 65.8 Å². The Balaban J connectivity index is 1.74. The molecule has 3 aromatic rings. The minimum absolute atomic E-state index is 0.0527. The molecule has 1 heterocycles. The molecule has 0 aliphatic carbocycles. The van der Waals surface area contributed by atoms with E-state index in [-0.39, 0.29) is 11.2 Å². The molecule has 0 aliphatic heterocycles. The fourth-order valence-corrected chi connectivity index (χ4v) is 3.20.